The van der Waals surface area contributed by atoms with Crippen LogP contribution in [0.4, 0.5) is 5.69 Å². The second-order valence-corrected chi connectivity index (χ2v) is 9.14. The standard InChI is InChI=1S/C28H52N.ClH/c1-4-7-8-9-10-11-12-13-14-15-16-17-18-19-20-24-27-29(5-2,6-3)28-25-22-21-23-26-28;/h21-23,25-26H,4-20,24,27H2,1-3H3;1H/q+1;/p-1. The Morgan fingerprint density at radius 3 is 1.23 bits per heavy atom. The fraction of sp³-hybridized carbons (Fsp3) is 0.786. The van der Waals surface area contributed by atoms with Crippen LogP contribution in [-0.2, 0) is 0 Å². The summed E-state index contributed by atoms with van der Waals surface area (Å²) in [5.41, 5.74) is 1.50. The highest BCUT2D eigenvalue weighted by Gasteiger charge is 2.25. The molecule has 1 rings (SSSR count). The van der Waals surface area contributed by atoms with Gasteiger partial charge in [0.1, 0.15) is 5.69 Å². The van der Waals surface area contributed by atoms with E-state index < -0.39 is 0 Å². The fourth-order valence-corrected chi connectivity index (χ4v) is 4.74. The summed E-state index contributed by atoms with van der Waals surface area (Å²) >= 11 is 0. The smallest absolute Gasteiger partial charge is 0.132 e. The molecule has 0 amide bonds. The van der Waals surface area contributed by atoms with E-state index in [1.807, 2.05) is 0 Å². The second-order valence-electron chi connectivity index (χ2n) is 9.14. The normalized spacial score (nSPS) is 11.4. The summed E-state index contributed by atoms with van der Waals surface area (Å²) in [6, 6.07) is 11.2. The average Bonchev–Trinajstić information content (AvgIpc) is 2.77. The van der Waals surface area contributed by atoms with E-state index in [4.69, 9.17) is 0 Å². The second kappa shape index (κ2) is 20.4. The lowest BCUT2D eigenvalue weighted by Gasteiger charge is -2.36. The highest BCUT2D eigenvalue weighted by Crippen LogP contribution is 2.24. The highest BCUT2D eigenvalue weighted by atomic mass is 35.5. The summed E-state index contributed by atoms with van der Waals surface area (Å²) in [5.74, 6) is 0. The molecule has 0 saturated carbocycles. The summed E-state index contributed by atoms with van der Waals surface area (Å²) in [7, 11) is 0. The van der Waals surface area contributed by atoms with Gasteiger partial charge in [-0.25, -0.2) is 0 Å². The summed E-state index contributed by atoms with van der Waals surface area (Å²) < 4.78 is 1.15. The zero-order valence-electron chi connectivity index (χ0n) is 20.6. The van der Waals surface area contributed by atoms with Crippen molar-refractivity contribution < 1.29 is 12.4 Å². The quantitative estimate of drug-likeness (QED) is 0.166. The molecule has 176 valence electrons. The molecule has 30 heavy (non-hydrogen) atoms. The van der Waals surface area contributed by atoms with E-state index >= 15 is 0 Å². The molecule has 0 bridgehead atoms. The SMILES string of the molecule is CCCCCCCCCCCCCCCCCC[N+](CC)(CC)c1ccccc1.[Cl-]. The number of unbranched alkanes of at least 4 members (excludes halogenated alkanes) is 15. The van der Waals surface area contributed by atoms with Gasteiger partial charge in [0.2, 0.25) is 0 Å². The Kier molecular flexibility index (Phi) is 20.0. The molecule has 1 nitrogen and oxygen atoms in total. The van der Waals surface area contributed by atoms with E-state index in [1.165, 1.54) is 128 Å². The Morgan fingerprint density at radius 1 is 0.500 bits per heavy atom. The predicted octanol–water partition coefficient (Wildman–Crippen LogP) is 6.30. The number of rotatable bonds is 20. The van der Waals surface area contributed by atoms with Crippen LogP contribution in [0.1, 0.15) is 124 Å². The first-order valence-corrected chi connectivity index (χ1v) is 13.2. The van der Waals surface area contributed by atoms with Crippen molar-refractivity contribution in [3.8, 4) is 0 Å². The van der Waals surface area contributed by atoms with Crippen molar-refractivity contribution in [3.63, 3.8) is 0 Å². The molecule has 0 saturated heterocycles. The zero-order chi connectivity index (χ0) is 21.0. The Morgan fingerprint density at radius 2 is 0.867 bits per heavy atom. The van der Waals surface area contributed by atoms with Crippen molar-refractivity contribution in [2.75, 3.05) is 19.6 Å². The van der Waals surface area contributed by atoms with E-state index in [0.29, 0.717) is 0 Å². The molecule has 1 aromatic carbocycles. The summed E-state index contributed by atoms with van der Waals surface area (Å²) in [6.07, 6.45) is 23.1. The third-order valence-electron chi connectivity index (χ3n) is 6.95. The van der Waals surface area contributed by atoms with Crippen molar-refractivity contribution in [2.45, 2.75) is 124 Å². The van der Waals surface area contributed by atoms with Crippen LogP contribution in [0.5, 0.6) is 0 Å². The van der Waals surface area contributed by atoms with E-state index in [2.05, 4.69) is 51.1 Å². The molecule has 0 aliphatic carbocycles. The number of hydrogen-bond acceptors (Lipinski definition) is 0. The Hall–Kier alpha value is -0.530. The number of nitrogens with zero attached hydrogens (tertiary/aromatic N) is 1. The first-order chi connectivity index (χ1) is 14.3. The molecule has 0 atom stereocenters. The summed E-state index contributed by atoms with van der Waals surface area (Å²) in [6.45, 7) is 10.7. The van der Waals surface area contributed by atoms with Gasteiger partial charge in [-0.05, 0) is 38.8 Å². The predicted molar refractivity (Wildman–Crippen MR) is 134 cm³/mol. The van der Waals surface area contributed by atoms with Crippen molar-refractivity contribution in [3.05, 3.63) is 30.3 Å². The van der Waals surface area contributed by atoms with Crippen molar-refractivity contribution in [2.24, 2.45) is 0 Å². The molecule has 0 fully saturated rings. The Balaban J connectivity index is 0.00000841. The molecule has 1 aromatic rings. The number of halogens is 1. The van der Waals surface area contributed by atoms with Crippen LogP contribution in [0.15, 0.2) is 30.3 Å². The highest BCUT2D eigenvalue weighted by molar-refractivity contribution is 5.42. The molecule has 0 unspecified atom stereocenters. The third kappa shape index (κ3) is 13.0. The van der Waals surface area contributed by atoms with Crippen LogP contribution in [0, 0.1) is 0 Å². The number of quaternary nitrogens is 1. The lowest BCUT2D eigenvalue weighted by Crippen LogP contribution is -3.00. The van der Waals surface area contributed by atoms with Gasteiger partial charge in [-0.15, -0.1) is 0 Å². The lowest BCUT2D eigenvalue weighted by atomic mass is 10.0. The average molecular weight is 438 g/mol. The first-order valence-electron chi connectivity index (χ1n) is 13.2. The molecule has 0 radical (unpaired) electrons. The molecular weight excluding hydrogens is 386 g/mol. The minimum Gasteiger partial charge on any atom is -1.00 e. The maximum absolute atomic E-state index is 2.35. The minimum absolute atomic E-state index is 0. The Labute approximate surface area is 196 Å². The van der Waals surface area contributed by atoms with Gasteiger partial charge in [-0.1, -0.05) is 115 Å². The number of benzene rings is 1. The minimum atomic E-state index is 0. The topological polar surface area (TPSA) is 0 Å². The van der Waals surface area contributed by atoms with Crippen LogP contribution in [-0.4, -0.2) is 19.6 Å². The monoisotopic (exact) mass is 437 g/mol. The largest absolute Gasteiger partial charge is 1.00 e. The number of hydrogen-bond donors (Lipinski definition) is 0. The molecular formula is C28H52ClN. The van der Waals surface area contributed by atoms with E-state index in [1.54, 1.807) is 0 Å². The lowest BCUT2D eigenvalue weighted by molar-refractivity contribution is -0.00000637. The molecule has 0 aromatic heterocycles. The van der Waals surface area contributed by atoms with Crippen molar-refractivity contribution in [1.29, 1.82) is 0 Å². The molecule has 2 heteroatoms. The van der Waals surface area contributed by atoms with E-state index in [9.17, 15) is 0 Å². The molecule has 0 N–H and O–H groups in total. The van der Waals surface area contributed by atoms with Gasteiger partial charge < -0.3 is 12.4 Å². The van der Waals surface area contributed by atoms with Gasteiger partial charge in [-0.3, -0.25) is 4.48 Å². The van der Waals surface area contributed by atoms with Crippen LogP contribution in [0.2, 0.25) is 0 Å². The summed E-state index contributed by atoms with van der Waals surface area (Å²) in [4.78, 5) is 0. The Bertz CT molecular complexity index is 455. The van der Waals surface area contributed by atoms with Crippen LogP contribution >= 0.6 is 0 Å². The van der Waals surface area contributed by atoms with Crippen molar-refractivity contribution in [1.82, 2.24) is 4.48 Å². The van der Waals surface area contributed by atoms with Gasteiger partial charge >= 0.3 is 0 Å². The van der Waals surface area contributed by atoms with Crippen LogP contribution in [0.3, 0.4) is 0 Å². The zero-order valence-corrected chi connectivity index (χ0v) is 21.4. The summed E-state index contributed by atoms with van der Waals surface area (Å²) in [5, 5.41) is 0. The van der Waals surface area contributed by atoms with Crippen molar-refractivity contribution >= 4 is 5.69 Å². The van der Waals surface area contributed by atoms with Gasteiger partial charge in [0, 0.05) is 0 Å². The van der Waals surface area contributed by atoms with Gasteiger partial charge in [0.05, 0.1) is 19.6 Å². The number of para-hydroxylation sites is 1. The molecule has 0 heterocycles. The van der Waals surface area contributed by atoms with Gasteiger partial charge in [0.25, 0.3) is 0 Å². The maximum Gasteiger partial charge on any atom is 0.132 e. The van der Waals surface area contributed by atoms with E-state index in [-0.39, 0.29) is 12.4 Å². The molecule has 0 aliphatic rings. The molecule has 0 aliphatic heterocycles. The fourth-order valence-electron chi connectivity index (χ4n) is 4.74. The van der Waals surface area contributed by atoms with Gasteiger partial charge in [-0.2, -0.15) is 0 Å². The van der Waals surface area contributed by atoms with Crippen LogP contribution in [0.25, 0.3) is 0 Å². The first kappa shape index (κ1) is 29.5. The van der Waals surface area contributed by atoms with Crippen LogP contribution < -0.4 is 16.9 Å². The van der Waals surface area contributed by atoms with E-state index in [0.717, 1.165) is 4.48 Å². The third-order valence-corrected chi connectivity index (χ3v) is 6.95. The molecule has 0 spiro atoms. The van der Waals surface area contributed by atoms with Gasteiger partial charge in [0.15, 0.2) is 0 Å². The maximum atomic E-state index is 2.35.